The van der Waals surface area contributed by atoms with E-state index in [1.54, 1.807) is 18.7 Å². The molecule has 1 saturated heterocycles. The van der Waals surface area contributed by atoms with Crippen LogP contribution in [0.5, 0.6) is 0 Å². The van der Waals surface area contributed by atoms with Crippen molar-refractivity contribution in [1.82, 2.24) is 10.1 Å². The lowest BCUT2D eigenvalue weighted by Gasteiger charge is -2.32. The Morgan fingerprint density at radius 2 is 1.61 bits per heavy atom. The van der Waals surface area contributed by atoms with Gasteiger partial charge in [0.25, 0.3) is 0 Å². The number of nitrogens with zero attached hydrogens (tertiary/aromatic N) is 2. The summed E-state index contributed by atoms with van der Waals surface area (Å²) in [4.78, 5) is 14.8. The number of hydrogen-bond acceptors (Lipinski definition) is 4. The minimum atomic E-state index is -5.01. The van der Waals surface area contributed by atoms with Gasteiger partial charge in [-0.2, -0.15) is 26.3 Å². The lowest BCUT2D eigenvalue weighted by Crippen LogP contribution is -2.39. The molecule has 1 amide bonds. The van der Waals surface area contributed by atoms with Crippen molar-refractivity contribution in [2.75, 3.05) is 6.54 Å². The molecule has 2 unspecified atom stereocenters. The van der Waals surface area contributed by atoms with Crippen LogP contribution < -0.4 is 0 Å². The number of fused-ring (bicyclic) bond motifs is 1. The summed E-state index contributed by atoms with van der Waals surface area (Å²) in [6, 6.07) is 6.42. The molecule has 0 bridgehead atoms. The second-order valence-corrected chi connectivity index (χ2v) is 10.4. The summed E-state index contributed by atoms with van der Waals surface area (Å²) >= 11 is 0. The molecule has 218 valence electrons. The third-order valence-electron chi connectivity index (χ3n) is 7.67. The zero-order valence-electron chi connectivity index (χ0n) is 22.1. The van der Waals surface area contributed by atoms with E-state index in [0.717, 1.165) is 0 Å². The molecule has 5 nitrogen and oxygen atoms in total. The molecule has 3 heterocycles. The number of benzene rings is 2. The molecule has 0 aliphatic carbocycles. The van der Waals surface area contributed by atoms with Gasteiger partial charge in [0.2, 0.25) is 5.91 Å². The maximum absolute atomic E-state index is 13.8. The number of halogens is 7. The minimum Gasteiger partial charge on any atom is -0.368 e. The molecule has 2 aromatic carbocycles. The Balaban J connectivity index is 1.51. The summed E-state index contributed by atoms with van der Waals surface area (Å²) in [7, 11) is 0. The Kier molecular flexibility index (Phi) is 7.25. The van der Waals surface area contributed by atoms with Crippen LogP contribution in [-0.2, 0) is 21.9 Å². The molecule has 0 N–H and O–H groups in total. The number of carbonyl (C=O) groups is 1. The van der Waals surface area contributed by atoms with Gasteiger partial charge in [-0.3, -0.25) is 4.79 Å². The van der Waals surface area contributed by atoms with E-state index in [1.807, 2.05) is 0 Å². The second kappa shape index (κ2) is 10.3. The molecule has 2 aliphatic heterocycles. The van der Waals surface area contributed by atoms with Crippen LogP contribution in [0.3, 0.4) is 0 Å². The van der Waals surface area contributed by atoms with E-state index in [4.69, 9.17) is 9.26 Å². The summed E-state index contributed by atoms with van der Waals surface area (Å²) in [5.41, 5.74) is -0.615. The number of alkyl halides is 6. The van der Waals surface area contributed by atoms with E-state index >= 15 is 0 Å². The van der Waals surface area contributed by atoms with E-state index in [0.29, 0.717) is 46.7 Å². The van der Waals surface area contributed by atoms with Gasteiger partial charge in [0.1, 0.15) is 11.6 Å². The molecule has 4 atom stereocenters. The van der Waals surface area contributed by atoms with Gasteiger partial charge in [0, 0.05) is 30.1 Å². The van der Waals surface area contributed by atoms with Gasteiger partial charge in [-0.15, -0.1) is 0 Å². The Morgan fingerprint density at radius 3 is 2.15 bits per heavy atom. The average Bonchev–Trinajstić information content (AvgIpc) is 3.42. The van der Waals surface area contributed by atoms with E-state index in [9.17, 15) is 35.5 Å². The van der Waals surface area contributed by atoms with Crippen molar-refractivity contribution < 1.29 is 44.8 Å². The average molecular weight is 583 g/mol. The Bertz CT molecular complexity index is 1440. The molecule has 5 rings (SSSR count). The van der Waals surface area contributed by atoms with Crippen molar-refractivity contribution in [2.45, 2.75) is 63.7 Å². The Labute approximate surface area is 230 Å². The van der Waals surface area contributed by atoms with Crippen molar-refractivity contribution in [3.05, 3.63) is 93.6 Å². The fourth-order valence-electron chi connectivity index (χ4n) is 5.81. The first-order valence-corrected chi connectivity index (χ1v) is 12.8. The first-order chi connectivity index (χ1) is 19.1. The number of hydrogen-bond donors (Lipinski definition) is 0. The van der Waals surface area contributed by atoms with E-state index in [2.05, 4.69) is 5.16 Å². The van der Waals surface area contributed by atoms with Gasteiger partial charge < -0.3 is 14.2 Å². The van der Waals surface area contributed by atoms with Gasteiger partial charge >= 0.3 is 12.4 Å². The summed E-state index contributed by atoms with van der Waals surface area (Å²) in [5, 5.41) is 3.96. The highest BCUT2D eigenvalue weighted by Crippen LogP contribution is 2.45. The van der Waals surface area contributed by atoms with Crippen molar-refractivity contribution in [2.24, 2.45) is 0 Å². The number of rotatable bonds is 5. The predicted octanol–water partition coefficient (Wildman–Crippen LogP) is 7.40. The number of aromatic nitrogens is 1. The largest absolute Gasteiger partial charge is 0.416 e. The summed E-state index contributed by atoms with van der Waals surface area (Å²) < 4.78 is 106. The standard InChI is InChI=1S/C29H25F7N2O3/c1-14-26(16(3)41-37-14)19-10-23-27(17-4-6-22(30)7-5-17)24(13-38(23)25(39)11-19)40-15(2)18-8-20(28(31,32)33)12-21(9-18)29(34,35)36/h4-9,11-12,15,23-24,27H,10,13H2,1-3H3/t15-,23?,24?,27+/m1/s1. The summed E-state index contributed by atoms with van der Waals surface area (Å²) in [5.74, 6) is -0.855. The molecule has 0 spiro atoms. The fraction of sp³-hybridized carbons (Fsp3) is 0.379. The highest BCUT2D eigenvalue weighted by molar-refractivity contribution is 5.98. The molecule has 12 heteroatoms. The minimum absolute atomic E-state index is 0.0341. The Hall–Kier alpha value is -3.67. The molecule has 41 heavy (non-hydrogen) atoms. The van der Waals surface area contributed by atoms with Crippen LogP contribution in [0.25, 0.3) is 5.57 Å². The highest BCUT2D eigenvalue weighted by Gasteiger charge is 2.48. The van der Waals surface area contributed by atoms with Gasteiger partial charge in [-0.25, -0.2) is 4.39 Å². The van der Waals surface area contributed by atoms with E-state index < -0.39 is 53.5 Å². The summed E-state index contributed by atoms with van der Waals surface area (Å²) in [6.07, 6.45) is -10.2. The number of amides is 1. The molecule has 1 aromatic heterocycles. The molecule has 3 aromatic rings. The first-order valence-electron chi connectivity index (χ1n) is 12.8. The van der Waals surface area contributed by atoms with E-state index in [-0.39, 0.29) is 24.1 Å². The summed E-state index contributed by atoms with van der Waals surface area (Å²) in [6.45, 7) is 4.86. The van der Waals surface area contributed by atoms with Crippen molar-refractivity contribution in [3.63, 3.8) is 0 Å². The monoisotopic (exact) mass is 582 g/mol. The van der Waals surface area contributed by atoms with Crippen molar-refractivity contribution in [3.8, 4) is 0 Å². The van der Waals surface area contributed by atoms with Crippen LogP contribution in [0.4, 0.5) is 30.7 Å². The van der Waals surface area contributed by atoms with Crippen LogP contribution >= 0.6 is 0 Å². The lowest BCUT2D eigenvalue weighted by atomic mass is 9.83. The predicted molar refractivity (Wildman–Crippen MR) is 133 cm³/mol. The first kappa shape index (κ1) is 28.8. The molecule has 0 radical (unpaired) electrons. The number of ether oxygens (including phenoxy) is 1. The molecule has 2 aliphatic rings. The SMILES string of the molecule is Cc1noc(C)c1C1=CC(=O)N2CC(O[C@H](C)c3cc(C(F)(F)F)cc(C(F)(F)F)c3)[C@@H](c3ccc(F)cc3)C2C1. The quantitative estimate of drug-likeness (QED) is 0.295. The molecule has 0 saturated carbocycles. The van der Waals surface area contributed by atoms with Crippen LogP contribution in [0.15, 0.2) is 53.1 Å². The zero-order valence-corrected chi connectivity index (χ0v) is 22.1. The third kappa shape index (κ3) is 5.61. The van der Waals surface area contributed by atoms with Gasteiger partial charge in [0.05, 0.1) is 29.0 Å². The zero-order chi connectivity index (χ0) is 29.9. The van der Waals surface area contributed by atoms with Gasteiger partial charge in [-0.05, 0) is 74.2 Å². The molecular weight excluding hydrogens is 557 g/mol. The van der Waals surface area contributed by atoms with Crippen LogP contribution in [-0.4, -0.2) is 34.7 Å². The lowest BCUT2D eigenvalue weighted by molar-refractivity contribution is -0.143. The van der Waals surface area contributed by atoms with Gasteiger partial charge in [-0.1, -0.05) is 17.3 Å². The molecular formula is C29H25F7N2O3. The fourth-order valence-corrected chi connectivity index (χ4v) is 5.81. The van der Waals surface area contributed by atoms with Crippen molar-refractivity contribution >= 4 is 11.5 Å². The maximum Gasteiger partial charge on any atom is 0.416 e. The number of carbonyl (C=O) groups excluding carboxylic acids is 1. The van der Waals surface area contributed by atoms with Crippen LogP contribution in [0.2, 0.25) is 0 Å². The smallest absolute Gasteiger partial charge is 0.368 e. The van der Waals surface area contributed by atoms with Crippen LogP contribution in [0, 0.1) is 19.7 Å². The Morgan fingerprint density at radius 1 is 1.00 bits per heavy atom. The normalized spacial score (nSPS) is 22.1. The third-order valence-corrected chi connectivity index (χ3v) is 7.67. The highest BCUT2D eigenvalue weighted by atomic mass is 19.4. The topological polar surface area (TPSA) is 55.6 Å². The van der Waals surface area contributed by atoms with Crippen molar-refractivity contribution in [1.29, 1.82) is 0 Å². The second-order valence-electron chi connectivity index (χ2n) is 10.4. The van der Waals surface area contributed by atoms with Crippen LogP contribution in [0.1, 0.15) is 64.6 Å². The van der Waals surface area contributed by atoms with E-state index in [1.165, 1.54) is 37.3 Å². The number of aryl methyl sites for hydroxylation is 2. The maximum atomic E-state index is 13.8. The van der Waals surface area contributed by atoms with Gasteiger partial charge in [0.15, 0.2) is 0 Å². The molecule has 1 fully saturated rings.